The maximum atomic E-state index is 12.3. The van der Waals surface area contributed by atoms with Crippen molar-refractivity contribution < 1.29 is 8.42 Å². The van der Waals surface area contributed by atoms with E-state index in [-0.39, 0.29) is 9.77 Å². The van der Waals surface area contributed by atoms with E-state index >= 15 is 0 Å². The van der Waals surface area contributed by atoms with Crippen LogP contribution >= 0.6 is 27.3 Å². The van der Waals surface area contributed by atoms with E-state index in [4.69, 9.17) is 0 Å². The summed E-state index contributed by atoms with van der Waals surface area (Å²) in [4.78, 5) is 13.8. The number of sulfonamides is 1. The number of H-pyrrole nitrogens is 1. The highest BCUT2D eigenvalue weighted by molar-refractivity contribution is 9.10. The second kappa shape index (κ2) is 5.28. The summed E-state index contributed by atoms with van der Waals surface area (Å²) in [5.74, 6) is 0. The number of anilines is 1. The molecular weight excluding hydrogens is 376 g/mol. The van der Waals surface area contributed by atoms with Crippen molar-refractivity contribution in [1.29, 1.82) is 0 Å². The fourth-order valence-corrected chi connectivity index (χ4v) is 4.02. The molecule has 3 aromatic rings. The van der Waals surface area contributed by atoms with Crippen LogP contribution in [0.15, 0.2) is 56.6 Å². The molecule has 0 saturated carbocycles. The average Bonchev–Trinajstić information content (AvgIpc) is 2.80. The molecule has 108 valence electrons. The fourth-order valence-electron chi connectivity index (χ4n) is 1.82. The van der Waals surface area contributed by atoms with E-state index < -0.39 is 10.0 Å². The first-order valence-electron chi connectivity index (χ1n) is 5.85. The van der Waals surface area contributed by atoms with E-state index in [9.17, 15) is 13.2 Å². The van der Waals surface area contributed by atoms with Crippen LogP contribution in [0.25, 0.3) is 10.2 Å². The fraction of sp³-hybridized carbons (Fsp3) is 0. The van der Waals surface area contributed by atoms with Crippen LogP contribution in [-0.4, -0.2) is 13.4 Å². The Morgan fingerprint density at radius 2 is 1.81 bits per heavy atom. The molecule has 0 saturated heterocycles. The van der Waals surface area contributed by atoms with Gasteiger partial charge in [-0.3, -0.25) is 9.52 Å². The lowest BCUT2D eigenvalue weighted by Crippen LogP contribution is -2.12. The molecule has 2 aromatic carbocycles. The number of fused-ring (bicyclic) bond motifs is 1. The maximum Gasteiger partial charge on any atom is 0.305 e. The highest BCUT2D eigenvalue weighted by Gasteiger charge is 2.15. The van der Waals surface area contributed by atoms with Gasteiger partial charge in [-0.15, -0.1) is 0 Å². The largest absolute Gasteiger partial charge is 0.312 e. The van der Waals surface area contributed by atoms with Gasteiger partial charge in [-0.1, -0.05) is 27.3 Å². The molecule has 1 heterocycles. The molecule has 0 spiro atoms. The minimum atomic E-state index is -3.68. The number of hydrogen-bond donors (Lipinski definition) is 2. The van der Waals surface area contributed by atoms with Crippen molar-refractivity contribution in [3.8, 4) is 0 Å². The number of aromatic nitrogens is 1. The van der Waals surface area contributed by atoms with Crippen molar-refractivity contribution in [3.63, 3.8) is 0 Å². The first-order chi connectivity index (χ1) is 9.94. The Bertz CT molecular complexity index is 959. The lowest BCUT2D eigenvalue weighted by molar-refractivity contribution is 0.601. The van der Waals surface area contributed by atoms with E-state index in [2.05, 4.69) is 25.6 Å². The van der Waals surface area contributed by atoms with Gasteiger partial charge in [0.2, 0.25) is 0 Å². The van der Waals surface area contributed by atoms with E-state index in [0.717, 1.165) is 15.8 Å². The van der Waals surface area contributed by atoms with Crippen molar-refractivity contribution in [2.45, 2.75) is 4.90 Å². The van der Waals surface area contributed by atoms with Crippen LogP contribution in [0.4, 0.5) is 5.69 Å². The van der Waals surface area contributed by atoms with Gasteiger partial charge < -0.3 is 4.98 Å². The van der Waals surface area contributed by atoms with Gasteiger partial charge in [0.1, 0.15) is 0 Å². The molecule has 0 atom stereocenters. The summed E-state index contributed by atoms with van der Waals surface area (Å²) in [6.45, 7) is 0. The van der Waals surface area contributed by atoms with Crippen molar-refractivity contribution in [1.82, 2.24) is 4.98 Å². The number of thiazole rings is 1. The summed E-state index contributed by atoms with van der Waals surface area (Å²) in [6.07, 6.45) is 0. The number of benzene rings is 2. The van der Waals surface area contributed by atoms with Gasteiger partial charge in [0.15, 0.2) is 0 Å². The third kappa shape index (κ3) is 3.02. The van der Waals surface area contributed by atoms with Crippen molar-refractivity contribution in [3.05, 3.63) is 56.6 Å². The van der Waals surface area contributed by atoms with Crippen LogP contribution in [0.2, 0.25) is 0 Å². The molecule has 8 heteroatoms. The summed E-state index contributed by atoms with van der Waals surface area (Å²) in [5, 5.41) is 0. The van der Waals surface area contributed by atoms with E-state index in [1.165, 1.54) is 12.1 Å². The zero-order valence-corrected chi connectivity index (χ0v) is 13.7. The molecule has 0 aliphatic carbocycles. The van der Waals surface area contributed by atoms with Crippen LogP contribution in [0, 0.1) is 0 Å². The zero-order valence-electron chi connectivity index (χ0n) is 10.5. The molecule has 3 rings (SSSR count). The monoisotopic (exact) mass is 384 g/mol. The van der Waals surface area contributed by atoms with Gasteiger partial charge in [0, 0.05) is 10.2 Å². The second-order valence-electron chi connectivity index (χ2n) is 4.28. The first kappa shape index (κ1) is 14.3. The number of nitrogens with one attached hydrogen (secondary N) is 2. The summed E-state index contributed by atoms with van der Waals surface area (Å²) in [5.41, 5.74) is 1.10. The zero-order chi connectivity index (χ0) is 15.0. The molecule has 0 aliphatic rings. The molecule has 1 aromatic heterocycles. The van der Waals surface area contributed by atoms with E-state index in [0.29, 0.717) is 15.9 Å². The number of rotatable bonds is 3. The Labute approximate surface area is 132 Å². The Kier molecular flexibility index (Phi) is 3.60. The SMILES string of the molecule is O=c1[nH]c2ccc(S(=O)(=O)Nc3ccc(Br)cc3)cc2s1. The molecule has 0 amide bonds. The summed E-state index contributed by atoms with van der Waals surface area (Å²) >= 11 is 4.27. The maximum absolute atomic E-state index is 12.3. The molecule has 0 aliphatic heterocycles. The lowest BCUT2D eigenvalue weighted by atomic mass is 10.3. The topological polar surface area (TPSA) is 79.0 Å². The summed E-state index contributed by atoms with van der Waals surface area (Å²) in [6, 6.07) is 11.4. The minimum Gasteiger partial charge on any atom is -0.312 e. The van der Waals surface area contributed by atoms with Gasteiger partial charge in [-0.2, -0.15) is 0 Å². The molecule has 0 unspecified atom stereocenters. The molecular formula is C13H9BrN2O3S2. The highest BCUT2D eigenvalue weighted by atomic mass is 79.9. The Balaban J connectivity index is 1.99. The van der Waals surface area contributed by atoms with Gasteiger partial charge >= 0.3 is 4.87 Å². The van der Waals surface area contributed by atoms with Gasteiger partial charge in [0.05, 0.1) is 15.1 Å². The molecule has 0 bridgehead atoms. The second-order valence-corrected chi connectivity index (χ2v) is 7.90. The van der Waals surface area contributed by atoms with Crippen LogP contribution in [0.3, 0.4) is 0 Å². The Hall–Kier alpha value is -1.64. The van der Waals surface area contributed by atoms with Crippen LogP contribution in [0.5, 0.6) is 0 Å². The predicted molar refractivity (Wildman–Crippen MR) is 87.4 cm³/mol. The molecule has 0 radical (unpaired) electrons. The first-order valence-corrected chi connectivity index (χ1v) is 8.94. The summed E-state index contributed by atoms with van der Waals surface area (Å²) < 4.78 is 28.6. The molecule has 5 nitrogen and oxygen atoms in total. The standard InChI is InChI=1S/C13H9BrN2O3S2/c14-8-1-3-9(4-2-8)16-21(18,19)10-5-6-11-12(7-10)20-13(17)15-11/h1-7,16H,(H,15,17). The van der Waals surface area contributed by atoms with Crippen LogP contribution in [0.1, 0.15) is 0 Å². The third-order valence-corrected chi connectivity index (χ3v) is 5.55. The van der Waals surface area contributed by atoms with Gasteiger partial charge in [-0.25, -0.2) is 8.42 Å². The normalized spacial score (nSPS) is 11.7. The highest BCUT2D eigenvalue weighted by Crippen LogP contribution is 2.22. The average molecular weight is 385 g/mol. The smallest absolute Gasteiger partial charge is 0.305 e. The Morgan fingerprint density at radius 3 is 2.52 bits per heavy atom. The quantitative estimate of drug-likeness (QED) is 0.727. The van der Waals surface area contributed by atoms with Crippen molar-refractivity contribution in [2.75, 3.05) is 4.72 Å². The summed E-state index contributed by atoms with van der Waals surface area (Å²) in [7, 11) is -3.68. The molecule has 2 N–H and O–H groups in total. The lowest BCUT2D eigenvalue weighted by Gasteiger charge is -2.08. The molecule has 0 fully saturated rings. The van der Waals surface area contributed by atoms with E-state index in [1.54, 1.807) is 30.3 Å². The van der Waals surface area contributed by atoms with Crippen LogP contribution < -0.4 is 9.60 Å². The Morgan fingerprint density at radius 1 is 1.10 bits per heavy atom. The third-order valence-electron chi connectivity index (χ3n) is 2.80. The number of aromatic amines is 1. The van der Waals surface area contributed by atoms with Gasteiger partial charge in [-0.05, 0) is 42.5 Å². The number of hydrogen-bond acceptors (Lipinski definition) is 4. The molecule has 21 heavy (non-hydrogen) atoms. The predicted octanol–water partition coefficient (Wildman–Crippen LogP) is 3.15. The van der Waals surface area contributed by atoms with Crippen LogP contribution in [-0.2, 0) is 10.0 Å². The van der Waals surface area contributed by atoms with Crippen molar-refractivity contribution in [2.24, 2.45) is 0 Å². The van der Waals surface area contributed by atoms with Crippen molar-refractivity contribution >= 4 is 53.2 Å². The number of halogens is 1. The van der Waals surface area contributed by atoms with Gasteiger partial charge in [0.25, 0.3) is 10.0 Å². The van der Waals surface area contributed by atoms with E-state index in [1.807, 2.05) is 0 Å². The minimum absolute atomic E-state index is 0.119.